The van der Waals surface area contributed by atoms with Crippen molar-refractivity contribution < 1.29 is 30.7 Å². The van der Waals surface area contributed by atoms with E-state index in [0.29, 0.717) is 0 Å². The fraction of sp³-hybridized carbons (Fsp3) is 0.750. The number of hydrogen-bond donors (Lipinski definition) is 1. The molecule has 0 aromatic rings. The van der Waals surface area contributed by atoms with Gasteiger partial charge in [0.2, 0.25) is 0 Å². The van der Waals surface area contributed by atoms with Gasteiger partial charge in [-0.15, -0.1) is 0 Å². The largest absolute Gasteiger partial charge is 0.383 e. The van der Waals surface area contributed by atoms with E-state index in [0.717, 1.165) is 0 Å². The Morgan fingerprint density at radius 2 is 1.42 bits per heavy atom. The minimum absolute atomic E-state index is 3.28. The molecule has 0 aromatic heterocycles. The van der Waals surface area contributed by atoms with Crippen LogP contribution in [0.5, 0.6) is 0 Å². The molecule has 1 N–H and O–H groups in total. The molecule has 0 saturated heterocycles. The van der Waals surface area contributed by atoms with Crippen LogP contribution in [0.3, 0.4) is 0 Å². The Hall–Kier alpha value is -0.820. The van der Waals surface area contributed by atoms with Crippen molar-refractivity contribution in [3.63, 3.8) is 0 Å². The standard InChI is InChI=1S/C4H2F7N/c5-1(6)3(8,9)4(10,11)2(7)12/h1,12H. The fourth-order valence-corrected chi connectivity index (χ4v) is 0.283. The van der Waals surface area contributed by atoms with Gasteiger partial charge in [-0.2, -0.15) is 22.0 Å². The predicted octanol–water partition coefficient (Wildman–Crippen LogP) is 2.47. The van der Waals surface area contributed by atoms with Crippen molar-refractivity contribution in [2.75, 3.05) is 0 Å². The maximum atomic E-state index is 11.7. The van der Waals surface area contributed by atoms with Gasteiger partial charge in [0.1, 0.15) is 0 Å². The molecule has 0 spiro atoms. The minimum atomic E-state index is -5.85. The normalized spacial score (nSPS) is 13.7. The van der Waals surface area contributed by atoms with Crippen LogP contribution in [0.25, 0.3) is 0 Å². The second-order valence-corrected chi connectivity index (χ2v) is 1.81. The third kappa shape index (κ3) is 1.51. The maximum Gasteiger partial charge on any atom is 0.383 e. The van der Waals surface area contributed by atoms with E-state index in [1.807, 2.05) is 0 Å². The molecule has 0 fully saturated rings. The quantitative estimate of drug-likeness (QED) is 0.530. The summed E-state index contributed by atoms with van der Waals surface area (Å²) in [7, 11) is 0. The van der Waals surface area contributed by atoms with Crippen LogP contribution in [0.15, 0.2) is 0 Å². The molecule has 0 unspecified atom stereocenters. The molecule has 0 aromatic carbocycles. The second-order valence-electron chi connectivity index (χ2n) is 1.81. The molecular weight excluding hydrogens is 195 g/mol. The highest BCUT2D eigenvalue weighted by Crippen LogP contribution is 2.39. The number of rotatable bonds is 3. The molecule has 0 rings (SSSR count). The number of nitrogens with one attached hydrogen (secondary N) is 1. The highest BCUT2D eigenvalue weighted by atomic mass is 19.3. The Kier molecular flexibility index (Phi) is 2.71. The first-order chi connectivity index (χ1) is 5.14. The van der Waals surface area contributed by atoms with E-state index in [-0.39, 0.29) is 0 Å². The molecule has 0 amide bonds. The van der Waals surface area contributed by atoms with Crippen LogP contribution < -0.4 is 0 Å². The fourth-order valence-electron chi connectivity index (χ4n) is 0.283. The van der Waals surface area contributed by atoms with Gasteiger partial charge in [-0.25, -0.2) is 8.78 Å². The van der Waals surface area contributed by atoms with Crippen molar-refractivity contribution in [1.29, 1.82) is 5.41 Å². The van der Waals surface area contributed by atoms with Crippen LogP contribution >= 0.6 is 0 Å². The van der Waals surface area contributed by atoms with Gasteiger partial charge >= 0.3 is 18.3 Å². The van der Waals surface area contributed by atoms with Gasteiger partial charge in [-0.3, -0.25) is 5.41 Å². The van der Waals surface area contributed by atoms with E-state index in [1.54, 1.807) is 0 Å². The molecule has 72 valence electrons. The van der Waals surface area contributed by atoms with E-state index in [1.165, 1.54) is 0 Å². The third-order valence-corrected chi connectivity index (χ3v) is 0.968. The first-order valence-corrected chi connectivity index (χ1v) is 2.42. The van der Waals surface area contributed by atoms with Gasteiger partial charge in [0, 0.05) is 0 Å². The topological polar surface area (TPSA) is 23.9 Å². The second kappa shape index (κ2) is 2.91. The molecule has 0 aliphatic rings. The van der Waals surface area contributed by atoms with Crippen molar-refractivity contribution in [2.45, 2.75) is 18.3 Å². The first kappa shape index (κ1) is 11.2. The van der Waals surface area contributed by atoms with Gasteiger partial charge in [-0.05, 0) is 0 Å². The number of alkyl halides is 6. The molecular formula is C4H2F7N. The van der Waals surface area contributed by atoms with Crippen LogP contribution in [0.1, 0.15) is 0 Å². The highest BCUT2D eigenvalue weighted by molar-refractivity contribution is 5.80. The zero-order valence-electron chi connectivity index (χ0n) is 5.22. The molecule has 0 aliphatic carbocycles. The Labute approximate surface area is 61.7 Å². The lowest BCUT2D eigenvalue weighted by Crippen LogP contribution is -2.50. The zero-order chi connectivity index (χ0) is 10.2. The van der Waals surface area contributed by atoms with E-state index < -0.39 is 24.2 Å². The molecule has 0 heterocycles. The van der Waals surface area contributed by atoms with E-state index in [9.17, 15) is 30.7 Å². The lowest BCUT2D eigenvalue weighted by Gasteiger charge is -2.22. The van der Waals surface area contributed by atoms with E-state index >= 15 is 0 Å². The van der Waals surface area contributed by atoms with Crippen molar-refractivity contribution in [2.24, 2.45) is 0 Å². The Morgan fingerprint density at radius 1 is 1.08 bits per heavy atom. The molecule has 1 nitrogen and oxygen atoms in total. The minimum Gasteiger partial charge on any atom is -0.272 e. The lowest BCUT2D eigenvalue weighted by atomic mass is 10.2. The maximum absolute atomic E-state index is 11.7. The summed E-state index contributed by atoms with van der Waals surface area (Å²) >= 11 is 0. The summed E-state index contributed by atoms with van der Waals surface area (Å²) in [5.74, 6) is -14.9. The molecule has 12 heavy (non-hydrogen) atoms. The van der Waals surface area contributed by atoms with Gasteiger partial charge in [0.25, 0.3) is 5.97 Å². The van der Waals surface area contributed by atoms with Gasteiger partial charge < -0.3 is 0 Å². The van der Waals surface area contributed by atoms with Crippen molar-refractivity contribution >= 4 is 5.97 Å². The summed E-state index contributed by atoms with van der Waals surface area (Å²) in [5, 5.41) is 5.52. The van der Waals surface area contributed by atoms with Gasteiger partial charge in [0.05, 0.1) is 0 Å². The summed E-state index contributed by atoms with van der Waals surface area (Å²) < 4.78 is 80.6. The smallest absolute Gasteiger partial charge is 0.272 e. The Bertz CT molecular complexity index is 186. The molecule has 8 heteroatoms. The van der Waals surface area contributed by atoms with E-state index in [2.05, 4.69) is 0 Å². The van der Waals surface area contributed by atoms with Gasteiger partial charge in [0.15, 0.2) is 0 Å². The molecule has 0 saturated carbocycles. The average molecular weight is 197 g/mol. The summed E-state index contributed by atoms with van der Waals surface area (Å²) in [6, 6.07) is 0. The Morgan fingerprint density at radius 3 is 1.50 bits per heavy atom. The van der Waals surface area contributed by atoms with Crippen molar-refractivity contribution in [1.82, 2.24) is 0 Å². The van der Waals surface area contributed by atoms with Crippen LogP contribution in [-0.2, 0) is 0 Å². The summed E-state index contributed by atoms with van der Waals surface area (Å²) in [4.78, 5) is 0. The molecule has 0 atom stereocenters. The summed E-state index contributed by atoms with van der Waals surface area (Å²) in [5.41, 5.74) is 0. The first-order valence-electron chi connectivity index (χ1n) is 2.42. The zero-order valence-corrected chi connectivity index (χ0v) is 5.22. The predicted molar refractivity (Wildman–Crippen MR) is 24.7 cm³/mol. The molecule has 0 bridgehead atoms. The highest BCUT2D eigenvalue weighted by Gasteiger charge is 2.66. The molecule has 0 aliphatic heterocycles. The SMILES string of the molecule is N=C(F)C(F)(F)C(F)(F)C(F)F. The molecule has 0 radical (unpaired) electrons. The van der Waals surface area contributed by atoms with Crippen LogP contribution in [0.2, 0.25) is 0 Å². The lowest BCUT2D eigenvalue weighted by molar-refractivity contribution is -0.235. The third-order valence-electron chi connectivity index (χ3n) is 0.968. The monoisotopic (exact) mass is 197 g/mol. The van der Waals surface area contributed by atoms with Crippen LogP contribution in [0.4, 0.5) is 30.7 Å². The van der Waals surface area contributed by atoms with Crippen molar-refractivity contribution in [3.8, 4) is 0 Å². The summed E-state index contributed by atoms with van der Waals surface area (Å²) in [6.45, 7) is 0. The van der Waals surface area contributed by atoms with Gasteiger partial charge in [-0.1, -0.05) is 0 Å². The van der Waals surface area contributed by atoms with E-state index in [4.69, 9.17) is 5.41 Å². The Balaban J connectivity index is 4.88. The number of halogens is 7. The van der Waals surface area contributed by atoms with Crippen LogP contribution in [0, 0.1) is 5.41 Å². The van der Waals surface area contributed by atoms with Crippen molar-refractivity contribution in [3.05, 3.63) is 0 Å². The average Bonchev–Trinajstić information content (AvgIpc) is 1.86. The number of hydrogen-bond acceptors (Lipinski definition) is 1. The summed E-state index contributed by atoms with van der Waals surface area (Å²) in [6.07, 6.45) is -4.72. The van der Waals surface area contributed by atoms with Crippen LogP contribution in [-0.4, -0.2) is 24.2 Å².